The van der Waals surface area contributed by atoms with Crippen LogP contribution in [0.5, 0.6) is 0 Å². The summed E-state index contributed by atoms with van der Waals surface area (Å²) < 4.78 is 16.5. The quantitative estimate of drug-likeness (QED) is 0.0221. The fraction of sp³-hybridized carbons (Fsp3) is 0.543. The van der Waals surface area contributed by atoms with Gasteiger partial charge in [0, 0.05) is 19.3 Å². The van der Waals surface area contributed by atoms with Crippen LogP contribution in [0.3, 0.4) is 0 Å². The van der Waals surface area contributed by atoms with Crippen molar-refractivity contribution in [1.82, 2.24) is 0 Å². The van der Waals surface area contributed by atoms with Crippen molar-refractivity contribution in [3.8, 4) is 0 Å². The Kier molecular flexibility index (Phi) is 36.8. The van der Waals surface area contributed by atoms with E-state index in [1.54, 1.807) is 0 Å². The van der Waals surface area contributed by atoms with Crippen LogP contribution in [0.15, 0.2) is 109 Å². The van der Waals surface area contributed by atoms with Gasteiger partial charge in [0.25, 0.3) is 0 Å². The highest BCUT2D eigenvalue weighted by atomic mass is 16.6. The molecule has 6 nitrogen and oxygen atoms in total. The third-order valence-corrected chi connectivity index (χ3v) is 7.60. The van der Waals surface area contributed by atoms with E-state index in [1.165, 1.54) is 0 Å². The third kappa shape index (κ3) is 37.3. The van der Waals surface area contributed by atoms with Crippen LogP contribution in [-0.4, -0.2) is 37.2 Å². The van der Waals surface area contributed by atoms with Crippen LogP contribution < -0.4 is 0 Å². The van der Waals surface area contributed by atoms with Crippen molar-refractivity contribution in [2.75, 3.05) is 13.2 Å². The molecule has 1 atom stereocenters. The highest BCUT2D eigenvalue weighted by molar-refractivity contribution is 5.71. The molecule has 1 unspecified atom stereocenters. The topological polar surface area (TPSA) is 78.9 Å². The Morgan fingerprint density at radius 2 is 0.788 bits per heavy atom. The van der Waals surface area contributed by atoms with Gasteiger partial charge in [0.05, 0.1) is 0 Å². The lowest BCUT2D eigenvalue weighted by molar-refractivity contribution is -0.167. The standard InChI is InChI=1S/C46H70O6/c1-4-7-10-13-16-19-21-23-25-27-30-33-36-39-45(48)51-42-43(41-50-44(47)38-35-32-29-26-18-15-12-9-6-3)52-46(49)40-37-34-31-28-24-22-20-17-14-11-8-5-2/h7-13,16-21,23-26,28,43H,4-6,14-15,22,27,29-42H2,1-3H3/b10-7-,11-8-,12-9-,16-13-,20-17-,21-19-,25-23-,26-18-,28-24-. The summed E-state index contributed by atoms with van der Waals surface area (Å²) in [6.45, 7) is 6.10. The number of unbranched alkanes of at least 4 members (excludes halogenated alkanes) is 7. The summed E-state index contributed by atoms with van der Waals surface area (Å²) in [7, 11) is 0. The van der Waals surface area contributed by atoms with Gasteiger partial charge >= 0.3 is 17.9 Å². The van der Waals surface area contributed by atoms with Gasteiger partial charge in [-0.2, -0.15) is 0 Å². The molecule has 0 aromatic carbocycles. The maximum absolute atomic E-state index is 12.6. The molecule has 0 heterocycles. The van der Waals surface area contributed by atoms with Gasteiger partial charge in [-0.05, 0) is 96.3 Å². The molecule has 0 aromatic rings. The minimum atomic E-state index is -0.825. The average Bonchev–Trinajstić information content (AvgIpc) is 3.14. The van der Waals surface area contributed by atoms with Crippen LogP contribution in [0.2, 0.25) is 0 Å². The summed E-state index contributed by atoms with van der Waals surface area (Å²) in [5.41, 5.74) is 0. The van der Waals surface area contributed by atoms with Gasteiger partial charge in [0.2, 0.25) is 0 Å². The lowest BCUT2D eigenvalue weighted by Crippen LogP contribution is -2.30. The summed E-state index contributed by atoms with van der Waals surface area (Å²) >= 11 is 0. The van der Waals surface area contributed by atoms with E-state index in [4.69, 9.17) is 14.2 Å². The van der Waals surface area contributed by atoms with E-state index in [-0.39, 0.29) is 37.5 Å². The molecule has 0 saturated heterocycles. The van der Waals surface area contributed by atoms with E-state index in [2.05, 4.69) is 93.7 Å². The van der Waals surface area contributed by atoms with Crippen molar-refractivity contribution < 1.29 is 28.6 Å². The number of esters is 3. The van der Waals surface area contributed by atoms with Crippen LogP contribution in [0.1, 0.15) is 143 Å². The molecule has 0 bridgehead atoms. The molecule has 52 heavy (non-hydrogen) atoms. The number of hydrogen-bond acceptors (Lipinski definition) is 6. The Hall–Kier alpha value is -3.93. The largest absolute Gasteiger partial charge is 0.462 e. The van der Waals surface area contributed by atoms with Gasteiger partial charge < -0.3 is 14.2 Å². The molecule has 0 saturated carbocycles. The van der Waals surface area contributed by atoms with E-state index >= 15 is 0 Å². The Balaban J connectivity index is 4.58. The van der Waals surface area contributed by atoms with Crippen LogP contribution in [0.25, 0.3) is 0 Å². The number of carbonyl (C=O) groups is 3. The van der Waals surface area contributed by atoms with Crippen LogP contribution in [0, 0.1) is 0 Å². The molecule has 0 aliphatic rings. The second kappa shape index (κ2) is 39.8. The van der Waals surface area contributed by atoms with Crippen molar-refractivity contribution in [1.29, 1.82) is 0 Å². The SMILES string of the molecule is CC\C=C/C=C\C=C/C=C\CCCCCC(=O)OCC(COC(=O)CCCC/C=C\C/C=C\CC)OC(=O)CCCC/C=C\C/C=C\C/C=C\CC. The minimum Gasteiger partial charge on any atom is -0.462 e. The summed E-state index contributed by atoms with van der Waals surface area (Å²) in [5.74, 6) is -1.06. The molecule has 0 amide bonds. The zero-order valence-electron chi connectivity index (χ0n) is 32.8. The normalized spacial score (nSPS) is 13.2. The first-order valence-electron chi connectivity index (χ1n) is 19.9. The predicted octanol–water partition coefficient (Wildman–Crippen LogP) is 12.5. The van der Waals surface area contributed by atoms with E-state index in [0.29, 0.717) is 19.3 Å². The van der Waals surface area contributed by atoms with Gasteiger partial charge in [-0.15, -0.1) is 0 Å². The van der Waals surface area contributed by atoms with Gasteiger partial charge in [-0.3, -0.25) is 14.4 Å². The zero-order valence-corrected chi connectivity index (χ0v) is 32.8. The van der Waals surface area contributed by atoms with Crippen LogP contribution in [0.4, 0.5) is 0 Å². The highest BCUT2D eigenvalue weighted by Gasteiger charge is 2.19. The summed E-state index contributed by atoms with van der Waals surface area (Å²) in [5, 5.41) is 0. The Morgan fingerprint density at radius 3 is 1.31 bits per heavy atom. The van der Waals surface area contributed by atoms with Gasteiger partial charge in [0.1, 0.15) is 13.2 Å². The number of ether oxygens (including phenoxy) is 3. The van der Waals surface area contributed by atoms with E-state index in [9.17, 15) is 14.4 Å². The van der Waals surface area contributed by atoms with Crippen LogP contribution >= 0.6 is 0 Å². The average molecular weight is 719 g/mol. The zero-order chi connectivity index (χ0) is 38.0. The molecule has 0 aromatic heterocycles. The molecule has 0 rings (SSSR count). The molecule has 6 heteroatoms. The molecule has 0 fully saturated rings. The van der Waals surface area contributed by atoms with E-state index in [0.717, 1.165) is 96.3 Å². The Bertz CT molecular complexity index is 1150. The molecule has 0 aliphatic heterocycles. The van der Waals surface area contributed by atoms with Crippen molar-refractivity contribution in [3.05, 3.63) is 109 Å². The Labute approximate surface area is 317 Å². The lowest BCUT2D eigenvalue weighted by Gasteiger charge is -2.18. The smallest absolute Gasteiger partial charge is 0.306 e. The molecular formula is C46H70O6. The number of allylic oxidation sites excluding steroid dienone is 18. The molecule has 0 spiro atoms. The van der Waals surface area contributed by atoms with Crippen molar-refractivity contribution >= 4 is 17.9 Å². The van der Waals surface area contributed by atoms with Crippen molar-refractivity contribution in [3.63, 3.8) is 0 Å². The number of hydrogen-bond donors (Lipinski definition) is 0. The van der Waals surface area contributed by atoms with E-state index in [1.807, 2.05) is 36.5 Å². The maximum atomic E-state index is 12.6. The van der Waals surface area contributed by atoms with Gasteiger partial charge in [-0.1, -0.05) is 137 Å². The second-order valence-corrected chi connectivity index (χ2v) is 12.5. The fourth-order valence-electron chi connectivity index (χ4n) is 4.68. The van der Waals surface area contributed by atoms with Gasteiger partial charge in [-0.25, -0.2) is 0 Å². The highest BCUT2D eigenvalue weighted by Crippen LogP contribution is 2.10. The summed E-state index contributed by atoms with van der Waals surface area (Å²) in [6, 6.07) is 0. The summed E-state index contributed by atoms with van der Waals surface area (Å²) in [6.07, 6.45) is 52.3. The first-order valence-corrected chi connectivity index (χ1v) is 19.9. The molecule has 0 aliphatic carbocycles. The minimum absolute atomic E-state index is 0.127. The lowest BCUT2D eigenvalue weighted by atomic mass is 10.1. The number of rotatable bonds is 33. The number of carbonyl (C=O) groups excluding carboxylic acids is 3. The maximum Gasteiger partial charge on any atom is 0.306 e. The third-order valence-electron chi connectivity index (χ3n) is 7.60. The Morgan fingerprint density at radius 1 is 0.404 bits per heavy atom. The first-order chi connectivity index (χ1) is 25.5. The summed E-state index contributed by atoms with van der Waals surface area (Å²) in [4.78, 5) is 37.5. The first kappa shape index (κ1) is 48.1. The van der Waals surface area contributed by atoms with Crippen molar-refractivity contribution in [2.24, 2.45) is 0 Å². The van der Waals surface area contributed by atoms with Gasteiger partial charge in [0.15, 0.2) is 6.10 Å². The van der Waals surface area contributed by atoms with Crippen molar-refractivity contribution in [2.45, 2.75) is 149 Å². The monoisotopic (exact) mass is 719 g/mol. The van der Waals surface area contributed by atoms with E-state index < -0.39 is 6.10 Å². The molecular weight excluding hydrogens is 648 g/mol. The second-order valence-electron chi connectivity index (χ2n) is 12.5. The molecule has 0 radical (unpaired) electrons. The predicted molar refractivity (Wildman–Crippen MR) is 219 cm³/mol. The fourth-order valence-corrected chi connectivity index (χ4v) is 4.68. The molecule has 0 N–H and O–H groups in total. The molecule has 290 valence electrons. The van der Waals surface area contributed by atoms with Crippen LogP contribution in [-0.2, 0) is 28.6 Å².